The third-order valence-electron chi connectivity index (χ3n) is 4.87. The first kappa shape index (κ1) is 19.5. The Morgan fingerprint density at radius 3 is 3.00 bits per heavy atom. The van der Waals surface area contributed by atoms with Gasteiger partial charge in [-0.05, 0) is 18.6 Å². The van der Waals surface area contributed by atoms with Crippen molar-refractivity contribution in [3.05, 3.63) is 23.9 Å². The number of anilines is 1. The van der Waals surface area contributed by atoms with Crippen molar-refractivity contribution in [1.82, 2.24) is 20.1 Å². The van der Waals surface area contributed by atoms with Gasteiger partial charge in [0, 0.05) is 51.1 Å². The maximum Gasteiger partial charge on any atom is 0.240 e. The highest BCUT2D eigenvalue weighted by Crippen LogP contribution is 2.20. The zero-order valence-corrected chi connectivity index (χ0v) is 16.2. The minimum absolute atomic E-state index is 0.00112. The fraction of sp³-hybridized carbons (Fsp3) is 0.556. The molecule has 0 spiro atoms. The zero-order valence-electron chi connectivity index (χ0n) is 15.4. The van der Waals surface area contributed by atoms with Gasteiger partial charge in [-0.25, -0.2) is 4.98 Å². The smallest absolute Gasteiger partial charge is 0.240 e. The van der Waals surface area contributed by atoms with Crippen LogP contribution in [-0.2, 0) is 9.59 Å². The van der Waals surface area contributed by atoms with Gasteiger partial charge in [0.2, 0.25) is 11.8 Å². The van der Waals surface area contributed by atoms with Crippen LogP contribution in [0.15, 0.2) is 18.3 Å². The number of carbonyl (C=O) groups is 2. The lowest BCUT2D eigenvalue weighted by Gasteiger charge is -2.28. The SMILES string of the molecule is CC(=O)N(CCNc1ccc(C#N)cn1)[C@@H]1CN[C@H](C(=O)N2CCSC2)C1. The van der Waals surface area contributed by atoms with E-state index in [4.69, 9.17) is 5.26 Å². The highest BCUT2D eigenvalue weighted by atomic mass is 32.2. The number of nitriles is 1. The first-order valence-electron chi connectivity index (χ1n) is 9.05. The summed E-state index contributed by atoms with van der Waals surface area (Å²) >= 11 is 1.77. The van der Waals surface area contributed by atoms with E-state index in [1.54, 1.807) is 30.8 Å². The molecule has 3 heterocycles. The van der Waals surface area contributed by atoms with Crippen LogP contribution in [0.5, 0.6) is 0 Å². The summed E-state index contributed by atoms with van der Waals surface area (Å²) in [4.78, 5) is 32.5. The number of carbonyl (C=O) groups excluding carboxylic acids is 2. The Balaban J connectivity index is 1.50. The molecule has 0 aromatic carbocycles. The molecule has 0 saturated carbocycles. The lowest BCUT2D eigenvalue weighted by molar-refractivity contribution is -0.133. The van der Waals surface area contributed by atoms with Crippen LogP contribution in [0.3, 0.4) is 0 Å². The van der Waals surface area contributed by atoms with Crippen molar-refractivity contribution in [3.63, 3.8) is 0 Å². The van der Waals surface area contributed by atoms with Crippen molar-refractivity contribution in [3.8, 4) is 6.07 Å². The lowest BCUT2D eigenvalue weighted by Crippen LogP contribution is -2.43. The summed E-state index contributed by atoms with van der Waals surface area (Å²) in [7, 11) is 0. The standard InChI is InChI=1S/C18H24N6O2S/c1-13(25)24(5-4-20-17-3-2-14(9-19)10-22-17)15-8-16(21-11-15)18(26)23-6-7-27-12-23/h2-3,10,15-16,21H,4-8,11-12H2,1H3,(H,20,22)/t15-,16-/m0/s1. The molecule has 2 aliphatic rings. The van der Waals surface area contributed by atoms with Gasteiger partial charge in [-0.15, -0.1) is 11.8 Å². The molecule has 2 saturated heterocycles. The molecule has 2 fully saturated rings. The maximum atomic E-state index is 12.5. The fourth-order valence-corrected chi connectivity index (χ4v) is 4.37. The van der Waals surface area contributed by atoms with Crippen molar-refractivity contribution in [2.75, 3.05) is 43.1 Å². The largest absolute Gasteiger partial charge is 0.368 e. The molecular formula is C18H24N6O2S. The Kier molecular flexibility index (Phi) is 6.53. The number of nitrogens with zero attached hydrogens (tertiary/aromatic N) is 4. The molecule has 2 atom stereocenters. The van der Waals surface area contributed by atoms with Crippen LogP contribution >= 0.6 is 11.8 Å². The van der Waals surface area contributed by atoms with E-state index in [-0.39, 0.29) is 23.9 Å². The molecule has 0 aliphatic carbocycles. The van der Waals surface area contributed by atoms with Gasteiger partial charge in [0.25, 0.3) is 0 Å². The van der Waals surface area contributed by atoms with E-state index < -0.39 is 0 Å². The summed E-state index contributed by atoms with van der Waals surface area (Å²) in [6, 6.07) is 5.29. The summed E-state index contributed by atoms with van der Waals surface area (Å²) in [6.45, 7) is 4.09. The molecule has 1 aromatic heterocycles. The highest BCUT2D eigenvalue weighted by Gasteiger charge is 2.36. The first-order chi connectivity index (χ1) is 13.1. The van der Waals surface area contributed by atoms with Crippen molar-refractivity contribution in [2.24, 2.45) is 0 Å². The predicted molar refractivity (Wildman–Crippen MR) is 104 cm³/mol. The molecule has 144 valence electrons. The van der Waals surface area contributed by atoms with Crippen LogP contribution in [0.2, 0.25) is 0 Å². The van der Waals surface area contributed by atoms with Crippen molar-refractivity contribution in [1.29, 1.82) is 5.26 Å². The molecule has 1 aromatic rings. The molecular weight excluding hydrogens is 364 g/mol. The third kappa shape index (κ3) is 4.90. The van der Waals surface area contributed by atoms with Gasteiger partial charge in [0.15, 0.2) is 0 Å². The summed E-state index contributed by atoms with van der Waals surface area (Å²) in [5.74, 6) is 2.57. The number of nitrogens with one attached hydrogen (secondary N) is 2. The Bertz CT molecular complexity index is 714. The van der Waals surface area contributed by atoms with Crippen LogP contribution in [0.1, 0.15) is 18.9 Å². The number of hydrogen-bond acceptors (Lipinski definition) is 7. The van der Waals surface area contributed by atoms with E-state index in [1.807, 2.05) is 15.9 Å². The molecule has 0 bridgehead atoms. The summed E-state index contributed by atoms with van der Waals surface area (Å²) in [6.07, 6.45) is 2.16. The molecule has 0 radical (unpaired) electrons. The van der Waals surface area contributed by atoms with E-state index in [2.05, 4.69) is 15.6 Å². The van der Waals surface area contributed by atoms with Gasteiger partial charge in [0.1, 0.15) is 11.9 Å². The van der Waals surface area contributed by atoms with Crippen LogP contribution < -0.4 is 10.6 Å². The van der Waals surface area contributed by atoms with Crippen LogP contribution in [0.25, 0.3) is 0 Å². The summed E-state index contributed by atoms with van der Waals surface area (Å²) < 4.78 is 0. The number of amides is 2. The maximum absolute atomic E-state index is 12.5. The molecule has 27 heavy (non-hydrogen) atoms. The number of thioether (sulfide) groups is 1. The Hall–Kier alpha value is -2.31. The van der Waals surface area contributed by atoms with Crippen LogP contribution in [0, 0.1) is 11.3 Å². The number of aromatic nitrogens is 1. The second-order valence-corrected chi connectivity index (χ2v) is 7.75. The van der Waals surface area contributed by atoms with Gasteiger partial charge in [-0.1, -0.05) is 0 Å². The third-order valence-corrected chi connectivity index (χ3v) is 5.83. The molecule has 2 aliphatic heterocycles. The van der Waals surface area contributed by atoms with E-state index >= 15 is 0 Å². The second-order valence-electron chi connectivity index (χ2n) is 6.67. The number of pyridine rings is 1. The van der Waals surface area contributed by atoms with Gasteiger partial charge in [-0.3, -0.25) is 9.59 Å². The lowest BCUT2D eigenvalue weighted by atomic mass is 10.1. The van der Waals surface area contributed by atoms with E-state index in [0.717, 1.165) is 18.2 Å². The average Bonchev–Trinajstić information content (AvgIpc) is 3.37. The molecule has 9 heteroatoms. The Morgan fingerprint density at radius 1 is 1.52 bits per heavy atom. The topological polar surface area (TPSA) is 101 Å². The second kappa shape index (κ2) is 9.06. The van der Waals surface area contributed by atoms with Crippen LogP contribution in [-0.4, -0.2) is 76.5 Å². The Morgan fingerprint density at radius 2 is 2.37 bits per heavy atom. The zero-order chi connectivity index (χ0) is 19.2. The monoisotopic (exact) mass is 388 g/mol. The van der Waals surface area contributed by atoms with Gasteiger partial charge < -0.3 is 20.4 Å². The average molecular weight is 388 g/mol. The van der Waals surface area contributed by atoms with Gasteiger partial charge in [-0.2, -0.15) is 5.26 Å². The quantitative estimate of drug-likeness (QED) is 0.731. The highest BCUT2D eigenvalue weighted by molar-refractivity contribution is 7.99. The Labute approximate surface area is 163 Å². The summed E-state index contributed by atoms with van der Waals surface area (Å²) in [5.41, 5.74) is 0.509. The fourth-order valence-electron chi connectivity index (χ4n) is 3.42. The molecule has 2 amide bonds. The summed E-state index contributed by atoms with van der Waals surface area (Å²) in [5, 5.41) is 15.3. The van der Waals surface area contributed by atoms with Gasteiger partial charge >= 0.3 is 0 Å². The molecule has 0 unspecified atom stereocenters. The van der Waals surface area contributed by atoms with Crippen molar-refractivity contribution < 1.29 is 9.59 Å². The number of rotatable bonds is 6. The van der Waals surface area contributed by atoms with Crippen LogP contribution in [0.4, 0.5) is 5.82 Å². The first-order valence-corrected chi connectivity index (χ1v) is 10.2. The van der Waals surface area contributed by atoms with Gasteiger partial charge in [0.05, 0.1) is 17.5 Å². The van der Waals surface area contributed by atoms with Crippen molar-refractivity contribution in [2.45, 2.75) is 25.4 Å². The molecule has 3 rings (SSSR count). The van der Waals surface area contributed by atoms with E-state index in [9.17, 15) is 9.59 Å². The van der Waals surface area contributed by atoms with Crippen molar-refractivity contribution >= 4 is 29.4 Å². The van der Waals surface area contributed by atoms with E-state index in [1.165, 1.54) is 6.20 Å². The molecule has 8 nitrogen and oxygen atoms in total. The van der Waals surface area contributed by atoms with E-state index in [0.29, 0.717) is 37.4 Å². The molecule has 2 N–H and O–H groups in total. The predicted octanol–water partition coefficient (Wildman–Crippen LogP) is 0.477. The normalized spacial score (nSPS) is 21.7. The number of hydrogen-bond donors (Lipinski definition) is 2. The minimum Gasteiger partial charge on any atom is -0.368 e. The minimum atomic E-state index is -0.205.